The van der Waals surface area contributed by atoms with E-state index in [2.05, 4.69) is 10.6 Å². The molecular formula is C16H12Cl2N2O4S. The fourth-order valence-corrected chi connectivity index (χ4v) is 2.62. The molecule has 6 nitrogen and oxygen atoms in total. The van der Waals surface area contributed by atoms with E-state index < -0.39 is 11.9 Å². The standard InChI is InChI=1S/C16H12Cl2N2O4S/c1-24-9-4-2-3-8(5-9)14(21)20-16(25)19-13-6-10(15(22)23)11(17)7-12(13)18/h2-7H,1H3,(H,22,23)(H2,19,20,21,25). The smallest absolute Gasteiger partial charge is 0.337 e. The van der Waals surface area contributed by atoms with Gasteiger partial charge in [0, 0.05) is 5.56 Å². The van der Waals surface area contributed by atoms with Crippen molar-refractivity contribution < 1.29 is 19.4 Å². The molecule has 0 spiro atoms. The highest BCUT2D eigenvalue weighted by Gasteiger charge is 2.15. The lowest BCUT2D eigenvalue weighted by Crippen LogP contribution is -2.34. The first kappa shape index (κ1) is 19.0. The van der Waals surface area contributed by atoms with Gasteiger partial charge in [-0.1, -0.05) is 29.3 Å². The van der Waals surface area contributed by atoms with Gasteiger partial charge in [0.05, 0.1) is 28.4 Å². The summed E-state index contributed by atoms with van der Waals surface area (Å²) in [5, 5.41) is 14.3. The number of benzene rings is 2. The Morgan fingerprint density at radius 1 is 1.16 bits per heavy atom. The lowest BCUT2D eigenvalue weighted by atomic mass is 10.2. The maximum atomic E-state index is 12.2. The molecule has 2 aromatic carbocycles. The maximum Gasteiger partial charge on any atom is 0.337 e. The Hall–Kier alpha value is -2.35. The van der Waals surface area contributed by atoms with Crippen LogP contribution in [0.2, 0.25) is 10.0 Å². The average molecular weight is 399 g/mol. The van der Waals surface area contributed by atoms with Gasteiger partial charge in [0.15, 0.2) is 5.11 Å². The first-order valence-corrected chi connectivity index (χ1v) is 7.97. The van der Waals surface area contributed by atoms with E-state index in [0.717, 1.165) is 0 Å². The fraction of sp³-hybridized carbons (Fsp3) is 0.0625. The summed E-state index contributed by atoms with van der Waals surface area (Å²) in [5.41, 5.74) is 0.409. The molecule has 3 N–H and O–H groups in total. The number of amides is 1. The second kappa shape index (κ2) is 8.15. The molecule has 0 fully saturated rings. The summed E-state index contributed by atoms with van der Waals surface area (Å²) in [5.74, 6) is -1.14. The molecule has 0 aliphatic heterocycles. The van der Waals surface area contributed by atoms with Crippen molar-refractivity contribution in [2.45, 2.75) is 0 Å². The minimum absolute atomic E-state index is 0.00520. The molecule has 2 aromatic rings. The van der Waals surface area contributed by atoms with Crippen LogP contribution in [0.25, 0.3) is 0 Å². The Kier molecular flexibility index (Phi) is 6.19. The monoisotopic (exact) mass is 398 g/mol. The highest BCUT2D eigenvalue weighted by atomic mass is 35.5. The van der Waals surface area contributed by atoms with Crippen molar-refractivity contribution in [2.24, 2.45) is 0 Å². The summed E-state index contributed by atoms with van der Waals surface area (Å²) in [6.45, 7) is 0. The molecule has 0 aromatic heterocycles. The number of carbonyl (C=O) groups excluding carboxylic acids is 1. The van der Waals surface area contributed by atoms with Crippen LogP contribution in [0, 0.1) is 0 Å². The van der Waals surface area contributed by atoms with Gasteiger partial charge in [-0.25, -0.2) is 4.79 Å². The second-order valence-corrected chi connectivity index (χ2v) is 5.98. The number of carboxylic acid groups (broad SMARTS) is 1. The third kappa shape index (κ3) is 4.82. The van der Waals surface area contributed by atoms with Gasteiger partial charge in [-0.05, 0) is 42.5 Å². The zero-order chi connectivity index (χ0) is 18.6. The largest absolute Gasteiger partial charge is 0.497 e. The van der Waals surface area contributed by atoms with Crippen molar-refractivity contribution in [3.05, 3.63) is 57.6 Å². The number of thiocarbonyl (C=S) groups is 1. The fourth-order valence-electron chi connectivity index (χ4n) is 1.90. The number of hydrogen-bond acceptors (Lipinski definition) is 4. The van der Waals surface area contributed by atoms with Crippen molar-refractivity contribution in [1.82, 2.24) is 5.32 Å². The number of ether oxygens (including phenoxy) is 1. The zero-order valence-electron chi connectivity index (χ0n) is 12.8. The van der Waals surface area contributed by atoms with Crippen molar-refractivity contribution >= 4 is 58.1 Å². The van der Waals surface area contributed by atoms with E-state index in [9.17, 15) is 9.59 Å². The minimum atomic E-state index is -1.21. The number of carbonyl (C=O) groups is 2. The summed E-state index contributed by atoms with van der Waals surface area (Å²) in [6.07, 6.45) is 0. The first-order chi connectivity index (χ1) is 11.8. The molecule has 130 valence electrons. The molecule has 2 rings (SSSR count). The third-order valence-corrected chi connectivity index (χ3v) is 3.92. The lowest BCUT2D eigenvalue weighted by molar-refractivity contribution is 0.0697. The van der Waals surface area contributed by atoms with Crippen LogP contribution in [0.15, 0.2) is 36.4 Å². The first-order valence-electron chi connectivity index (χ1n) is 6.80. The van der Waals surface area contributed by atoms with Crippen molar-refractivity contribution in [3.8, 4) is 5.75 Å². The minimum Gasteiger partial charge on any atom is -0.497 e. The normalized spacial score (nSPS) is 10.0. The third-order valence-electron chi connectivity index (χ3n) is 3.09. The van der Waals surface area contributed by atoms with E-state index in [1.807, 2.05) is 0 Å². The molecule has 0 aliphatic carbocycles. The Morgan fingerprint density at radius 3 is 2.52 bits per heavy atom. The number of halogens is 2. The maximum absolute atomic E-state index is 12.2. The highest BCUT2D eigenvalue weighted by Crippen LogP contribution is 2.29. The summed E-state index contributed by atoms with van der Waals surface area (Å²) in [7, 11) is 1.49. The zero-order valence-corrected chi connectivity index (χ0v) is 15.1. The number of aromatic carboxylic acids is 1. The molecule has 0 aliphatic rings. The molecular weight excluding hydrogens is 387 g/mol. The SMILES string of the molecule is COc1cccc(C(=O)NC(=S)Nc2cc(C(=O)O)c(Cl)cc2Cl)c1. The van der Waals surface area contributed by atoms with Crippen LogP contribution in [0.3, 0.4) is 0 Å². The summed E-state index contributed by atoms with van der Waals surface area (Å²) >= 11 is 16.9. The van der Waals surface area contributed by atoms with Crippen LogP contribution in [-0.2, 0) is 0 Å². The van der Waals surface area contributed by atoms with Crippen LogP contribution in [0.1, 0.15) is 20.7 Å². The van der Waals surface area contributed by atoms with Gasteiger partial charge < -0.3 is 15.2 Å². The molecule has 0 atom stereocenters. The number of anilines is 1. The molecule has 1 amide bonds. The summed E-state index contributed by atoms with van der Waals surface area (Å²) in [6, 6.07) is 9.03. The second-order valence-electron chi connectivity index (χ2n) is 4.76. The van der Waals surface area contributed by atoms with Crippen LogP contribution >= 0.6 is 35.4 Å². The van der Waals surface area contributed by atoms with Crippen molar-refractivity contribution in [3.63, 3.8) is 0 Å². The van der Waals surface area contributed by atoms with Gasteiger partial charge in [-0.15, -0.1) is 0 Å². The van der Waals surface area contributed by atoms with Crippen LogP contribution < -0.4 is 15.4 Å². The average Bonchev–Trinajstić information content (AvgIpc) is 2.56. The van der Waals surface area contributed by atoms with Crippen LogP contribution in [0.4, 0.5) is 5.69 Å². The molecule has 0 radical (unpaired) electrons. The van der Waals surface area contributed by atoms with Crippen LogP contribution in [0.5, 0.6) is 5.75 Å². The molecule has 0 saturated heterocycles. The molecule has 0 heterocycles. The van der Waals surface area contributed by atoms with Gasteiger partial charge in [0.2, 0.25) is 0 Å². The predicted octanol–water partition coefficient (Wildman–Crippen LogP) is 3.83. The number of methoxy groups -OCH3 is 1. The number of carboxylic acids is 1. The summed E-state index contributed by atoms with van der Waals surface area (Å²) in [4.78, 5) is 23.3. The molecule has 0 bridgehead atoms. The topological polar surface area (TPSA) is 87.7 Å². The predicted molar refractivity (Wildman–Crippen MR) is 100 cm³/mol. The van der Waals surface area contributed by atoms with Gasteiger partial charge in [-0.3, -0.25) is 10.1 Å². The van der Waals surface area contributed by atoms with Crippen LogP contribution in [-0.4, -0.2) is 29.2 Å². The van der Waals surface area contributed by atoms with Gasteiger partial charge >= 0.3 is 5.97 Å². The molecule has 25 heavy (non-hydrogen) atoms. The number of nitrogens with one attached hydrogen (secondary N) is 2. The molecule has 9 heteroatoms. The Balaban J connectivity index is 2.13. The molecule has 0 saturated carbocycles. The van der Waals surface area contributed by atoms with E-state index >= 15 is 0 Å². The Bertz CT molecular complexity index is 858. The number of hydrogen-bond donors (Lipinski definition) is 3. The van der Waals surface area contributed by atoms with Gasteiger partial charge in [-0.2, -0.15) is 0 Å². The van der Waals surface area contributed by atoms with Gasteiger partial charge in [0.25, 0.3) is 5.91 Å². The van der Waals surface area contributed by atoms with E-state index in [0.29, 0.717) is 11.3 Å². The Labute approximate surface area is 158 Å². The lowest BCUT2D eigenvalue weighted by Gasteiger charge is -2.12. The Morgan fingerprint density at radius 2 is 1.88 bits per heavy atom. The van der Waals surface area contributed by atoms with E-state index in [1.54, 1.807) is 24.3 Å². The van der Waals surface area contributed by atoms with E-state index in [-0.39, 0.29) is 26.4 Å². The van der Waals surface area contributed by atoms with E-state index in [4.69, 9.17) is 45.3 Å². The van der Waals surface area contributed by atoms with Crippen molar-refractivity contribution in [1.29, 1.82) is 0 Å². The highest BCUT2D eigenvalue weighted by molar-refractivity contribution is 7.80. The van der Waals surface area contributed by atoms with E-state index in [1.165, 1.54) is 19.2 Å². The summed E-state index contributed by atoms with van der Waals surface area (Å²) < 4.78 is 5.05. The quantitative estimate of drug-likeness (QED) is 0.678. The van der Waals surface area contributed by atoms with Crippen molar-refractivity contribution in [2.75, 3.05) is 12.4 Å². The molecule has 0 unspecified atom stereocenters. The van der Waals surface area contributed by atoms with Gasteiger partial charge in [0.1, 0.15) is 5.75 Å². The number of rotatable bonds is 4.